The van der Waals surface area contributed by atoms with Gasteiger partial charge in [0.1, 0.15) is 11.6 Å². The maximum Gasteiger partial charge on any atom is 0.236 e. The first kappa shape index (κ1) is 19.4. The molecule has 1 atom stereocenters. The highest BCUT2D eigenvalue weighted by molar-refractivity contribution is 5.98. The van der Waals surface area contributed by atoms with Gasteiger partial charge in [-0.15, -0.1) is 0 Å². The van der Waals surface area contributed by atoms with E-state index < -0.39 is 17.4 Å². The first-order valence-corrected chi connectivity index (χ1v) is 9.22. The molecule has 8 heteroatoms. The summed E-state index contributed by atoms with van der Waals surface area (Å²) in [7, 11) is 0. The van der Waals surface area contributed by atoms with Crippen LogP contribution in [-0.2, 0) is 9.59 Å². The van der Waals surface area contributed by atoms with E-state index in [-0.39, 0.29) is 36.3 Å². The quantitative estimate of drug-likeness (QED) is 0.785. The summed E-state index contributed by atoms with van der Waals surface area (Å²) in [6.45, 7) is 2.75. The Morgan fingerprint density at radius 3 is 2.74 bits per heavy atom. The Morgan fingerprint density at radius 1 is 1.19 bits per heavy atom. The van der Waals surface area contributed by atoms with Crippen molar-refractivity contribution in [3.05, 3.63) is 35.4 Å². The lowest BCUT2D eigenvalue weighted by atomic mass is 10.0. The molecule has 2 amide bonds. The predicted molar refractivity (Wildman–Crippen MR) is 94.1 cm³/mol. The number of nitrogens with zero attached hydrogens (tertiary/aromatic N) is 2. The van der Waals surface area contributed by atoms with Crippen molar-refractivity contribution in [2.75, 3.05) is 32.7 Å². The number of ketones is 1. The number of amides is 2. The van der Waals surface area contributed by atoms with Gasteiger partial charge >= 0.3 is 0 Å². The number of carbonyl (C=O) groups excluding carboxylic acids is 3. The standard InChI is InChI=1S/C19H23F2N3O3/c20-13-3-4-15(16(21)10-13)17(25)5-6-18(26)23-8-1-2-14(12-23)24-9-7-22-11-19(24)27/h3-4,10,14,22H,1-2,5-9,11-12H2. The lowest BCUT2D eigenvalue weighted by Gasteiger charge is -2.41. The second-order valence-electron chi connectivity index (χ2n) is 6.95. The molecule has 6 nitrogen and oxygen atoms in total. The highest BCUT2D eigenvalue weighted by Crippen LogP contribution is 2.19. The Kier molecular flexibility index (Phi) is 6.15. The summed E-state index contributed by atoms with van der Waals surface area (Å²) in [5, 5.41) is 3.03. The Balaban J connectivity index is 1.54. The predicted octanol–water partition coefficient (Wildman–Crippen LogP) is 1.35. The molecule has 2 heterocycles. The molecule has 2 aliphatic rings. The monoisotopic (exact) mass is 379 g/mol. The molecule has 0 radical (unpaired) electrons. The van der Waals surface area contributed by atoms with Crippen LogP contribution in [0, 0.1) is 11.6 Å². The number of nitrogens with one attached hydrogen (secondary N) is 1. The first-order chi connectivity index (χ1) is 13.0. The number of benzene rings is 1. The largest absolute Gasteiger partial charge is 0.341 e. The van der Waals surface area contributed by atoms with Crippen molar-refractivity contribution in [3.63, 3.8) is 0 Å². The molecule has 0 aliphatic carbocycles. The van der Waals surface area contributed by atoms with E-state index in [1.165, 1.54) is 0 Å². The number of hydrogen-bond acceptors (Lipinski definition) is 4. The third-order valence-electron chi connectivity index (χ3n) is 5.11. The van der Waals surface area contributed by atoms with Crippen LogP contribution in [0.2, 0.25) is 0 Å². The van der Waals surface area contributed by atoms with Gasteiger partial charge in [-0.2, -0.15) is 0 Å². The van der Waals surface area contributed by atoms with Crippen LogP contribution in [0.1, 0.15) is 36.0 Å². The van der Waals surface area contributed by atoms with Gasteiger partial charge in [0.05, 0.1) is 12.1 Å². The molecule has 0 bridgehead atoms. The number of hydrogen-bond donors (Lipinski definition) is 1. The SMILES string of the molecule is O=C(CCC(=O)N1CCCC(N2CCNCC2=O)C1)c1ccc(F)cc1F. The molecular weight excluding hydrogens is 356 g/mol. The third kappa shape index (κ3) is 4.68. The molecule has 1 aromatic rings. The molecule has 2 aliphatic heterocycles. The number of rotatable bonds is 5. The van der Waals surface area contributed by atoms with E-state index in [4.69, 9.17) is 0 Å². The number of piperazine rings is 1. The molecule has 1 unspecified atom stereocenters. The van der Waals surface area contributed by atoms with Crippen molar-refractivity contribution in [2.45, 2.75) is 31.7 Å². The normalized spacial score (nSPS) is 20.7. The minimum absolute atomic E-state index is 0.00236. The van der Waals surface area contributed by atoms with Crippen LogP contribution in [-0.4, -0.2) is 66.2 Å². The van der Waals surface area contributed by atoms with Crippen LogP contribution >= 0.6 is 0 Å². The minimum atomic E-state index is -0.914. The molecular formula is C19H23F2N3O3. The number of likely N-dealkylation sites (tertiary alicyclic amines) is 1. The van der Waals surface area contributed by atoms with Crippen molar-refractivity contribution in [3.8, 4) is 0 Å². The smallest absolute Gasteiger partial charge is 0.236 e. The first-order valence-electron chi connectivity index (χ1n) is 9.22. The number of piperidine rings is 1. The van der Waals surface area contributed by atoms with Crippen molar-refractivity contribution < 1.29 is 23.2 Å². The van der Waals surface area contributed by atoms with Crippen LogP contribution in [0.15, 0.2) is 18.2 Å². The average molecular weight is 379 g/mol. The van der Waals surface area contributed by atoms with E-state index >= 15 is 0 Å². The fourth-order valence-corrected chi connectivity index (χ4v) is 3.67. The summed E-state index contributed by atoms with van der Waals surface area (Å²) in [6.07, 6.45) is 1.50. The zero-order valence-corrected chi connectivity index (χ0v) is 15.0. The van der Waals surface area contributed by atoms with E-state index in [1.54, 1.807) is 4.90 Å². The molecule has 2 saturated heterocycles. The van der Waals surface area contributed by atoms with Gasteiger partial charge < -0.3 is 15.1 Å². The fraction of sp³-hybridized carbons (Fsp3) is 0.526. The summed E-state index contributed by atoms with van der Waals surface area (Å²) in [5.41, 5.74) is -0.202. The van der Waals surface area contributed by atoms with E-state index in [2.05, 4.69) is 5.32 Å². The molecule has 0 aromatic heterocycles. The van der Waals surface area contributed by atoms with Gasteiger partial charge in [0.15, 0.2) is 5.78 Å². The van der Waals surface area contributed by atoms with Crippen LogP contribution in [0.4, 0.5) is 8.78 Å². The van der Waals surface area contributed by atoms with Gasteiger partial charge in [-0.1, -0.05) is 0 Å². The molecule has 1 aromatic carbocycles. The molecule has 146 valence electrons. The van der Waals surface area contributed by atoms with Crippen molar-refractivity contribution in [2.24, 2.45) is 0 Å². The number of Topliss-reactive ketones (excluding diaryl/α,β-unsaturated/α-hetero) is 1. The van der Waals surface area contributed by atoms with Crippen LogP contribution in [0.3, 0.4) is 0 Å². The second-order valence-corrected chi connectivity index (χ2v) is 6.95. The van der Waals surface area contributed by atoms with Gasteiger partial charge in [0.25, 0.3) is 0 Å². The van der Waals surface area contributed by atoms with E-state index in [9.17, 15) is 23.2 Å². The maximum atomic E-state index is 13.7. The van der Waals surface area contributed by atoms with E-state index in [0.717, 1.165) is 31.5 Å². The maximum absolute atomic E-state index is 13.7. The lowest BCUT2D eigenvalue weighted by Crippen LogP contribution is -2.57. The molecule has 27 heavy (non-hydrogen) atoms. The summed E-state index contributed by atoms with van der Waals surface area (Å²) >= 11 is 0. The molecule has 0 saturated carbocycles. The summed E-state index contributed by atoms with van der Waals surface area (Å²) in [4.78, 5) is 40.2. The van der Waals surface area contributed by atoms with Crippen LogP contribution in [0.5, 0.6) is 0 Å². The Bertz CT molecular complexity index is 741. The molecule has 3 rings (SSSR count). The van der Waals surface area contributed by atoms with Gasteiger partial charge in [0.2, 0.25) is 11.8 Å². The fourth-order valence-electron chi connectivity index (χ4n) is 3.67. The van der Waals surface area contributed by atoms with Gasteiger partial charge in [-0.25, -0.2) is 8.78 Å². The Labute approximate surface area is 156 Å². The summed E-state index contributed by atoms with van der Waals surface area (Å²) in [5.74, 6) is -2.32. The highest BCUT2D eigenvalue weighted by atomic mass is 19.1. The van der Waals surface area contributed by atoms with E-state index in [1.807, 2.05) is 4.90 Å². The highest BCUT2D eigenvalue weighted by Gasteiger charge is 2.31. The second kappa shape index (κ2) is 8.56. The van der Waals surface area contributed by atoms with Crippen LogP contribution in [0.25, 0.3) is 0 Å². The summed E-state index contributed by atoms with van der Waals surface area (Å²) in [6, 6.07) is 2.79. The topological polar surface area (TPSA) is 69.7 Å². The van der Waals surface area contributed by atoms with Crippen molar-refractivity contribution in [1.82, 2.24) is 15.1 Å². The molecule has 2 fully saturated rings. The van der Waals surface area contributed by atoms with E-state index in [0.29, 0.717) is 32.2 Å². The zero-order chi connectivity index (χ0) is 19.4. The number of halogens is 2. The average Bonchev–Trinajstić information content (AvgIpc) is 2.66. The van der Waals surface area contributed by atoms with Gasteiger partial charge in [-0.3, -0.25) is 14.4 Å². The van der Waals surface area contributed by atoms with Crippen LogP contribution < -0.4 is 5.32 Å². The van der Waals surface area contributed by atoms with Crippen molar-refractivity contribution in [1.29, 1.82) is 0 Å². The minimum Gasteiger partial charge on any atom is -0.341 e. The van der Waals surface area contributed by atoms with Gasteiger partial charge in [-0.05, 0) is 25.0 Å². The third-order valence-corrected chi connectivity index (χ3v) is 5.11. The zero-order valence-electron chi connectivity index (χ0n) is 15.0. The Morgan fingerprint density at radius 2 is 2.00 bits per heavy atom. The van der Waals surface area contributed by atoms with Crippen molar-refractivity contribution >= 4 is 17.6 Å². The van der Waals surface area contributed by atoms with Gasteiger partial charge in [0, 0.05) is 51.1 Å². The Hall–Kier alpha value is -2.35. The summed E-state index contributed by atoms with van der Waals surface area (Å²) < 4.78 is 26.6. The molecule has 0 spiro atoms. The number of carbonyl (C=O) groups is 3. The molecule has 1 N–H and O–H groups in total. The lowest BCUT2D eigenvalue weighted by molar-refractivity contribution is -0.140.